The molecule has 0 saturated carbocycles. The minimum Gasteiger partial charge on any atom is -0.427 e. The summed E-state index contributed by atoms with van der Waals surface area (Å²) in [6.45, 7) is 0. The van der Waals surface area contributed by atoms with E-state index in [2.05, 4.69) is 28.1 Å². The molecule has 0 fully saturated rings. The molecule has 28 heavy (non-hydrogen) atoms. The Bertz CT molecular complexity index is 1110. The lowest BCUT2D eigenvalue weighted by Gasteiger charge is -2.11. The molecule has 0 aliphatic rings. The number of hydrogen-bond donors (Lipinski definition) is 0. The Morgan fingerprint density at radius 3 is 2.36 bits per heavy atom. The maximum atomic E-state index is 12.3. The second kappa shape index (κ2) is 8.36. The zero-order valence-electron chi connectivity index (χ0n) is 15.1. The second-order valence-electron chi connectivity index (χ2n) is 6.48. The molecule has 4 aromatic rings. The molecule has 0 atom stereocenters. The lowest BCUT2D eigenvalue weighted by Crippen LogP contribution is -2.09. The molecule has 4 heteroatoms. The maximum absolute atomic E-state index is 12.3. The first-order valence-corrected chi connectivity index (χ1v) is 9.89. The molecular weight excluding hydrogens is 414 g/mol. The van der Waals surface area contributed by atoms with Crippen LogP contribution in [0.15, 0.2) is 89.4 Å². The molecular formula is C24H18BrNO2. The van der Waals surface area contributed by atoms with Crippen molar-refractivity contribution in [1.82, 2.24) is 4.98 Å². The molecule has 0 N–H and O–H groups in total. The third-order valence-electron chi connectivity index (χ3n) is 4.50. The van der Waals surface area contributed by atoms with E-state index < -0.39 is 0 Å². The van der Waals surface area contributed by atoms with E-state index in [0.717, 1.165) is 32.2 Å². The predicted molar refractivity (Wildman–Crippen MR) is 115 cm³/mol. The van der Waals surface area contributed by atoms with Crippen LogP contribution in [0.25, 0.3) is 22.2 Å². The number of hydrogen-bond acceptors (Lipinski definition) is 3. The van der Waals surface area contributed by atoms with Gasteiger partial charge in [0, 0.05) is 15.4 Å². The van der Waals surface area contributed by atoms with Gasteiger partial charge in [-0.2, -0.15) is 0 Å². The van der Waals surface area contributed by atoms with Gasteiger partial charge in [-0.25, -0.2) is 4.98 Å². The van der Waals surface area contributed by atoms with E-state index in [4.69, 9.17) is 9.72 Å². The van der Waals surface area contributed by atoms with E-state index in [1.165, 1.54) is 0 Å². The number of carbonyl (C=O) groups is 1. The third-order valence-corrected chi connectivity index (χ3v) is 4.99. The van der Waals surface area contributed by atoms with Crippen LogP contribution in [0.4, 0.5) is 0 Å². The van der Waals surface area contributed by atoms with Crippen LogP contribution >= 0.6 is 15.9 Å². The van der Waals surface area contributed by atoms with Crippen molar-refractivity contribution in [2.45, 2.75) is 12.8 Å². The fourth-order valence-electron chi connectivity index (χ4n) is 3.14. The summed E-state index contributed by atoms with van der Waals surface area (Å²) in [4.78, 5) is 17.1. The van der Waals surface area contributed by atoms with E-state index in [1.807, 2.05) is 60.7 Å². The minimum atomic E-state index is -0.243. The number of para-hydroxylation sites is 1. The molecule has 0 bridgehead atoms. The highest BCUT2D eigenvalue weighted by atomic mass is 79.9. The summed E-state index contributed by atoms with van der Waals surface area (Å²) in [6.07, 6.45) is 0.885. The topological polar surface area (TPSA) is 39.2 Å². The van der Waals surface area contributed by atoms with Gasteiger partial charge in [-0.3, -0.25) is 4.79 Å². The van der Waals surface area contributed by atoms with Gasteiger partial charge in [-0.1, -0.05) is 64.5 Å². The molecule has 0 unspecified atom stereocenters. The summed E-state index contributed by atoms with van der Waals surface area (Å²) >= 11 is 3.53. The second-order valence-corrected chi connectivity index (χ2v) is 7.40. The first-order valence-electron chi connectivity index (χ1n) is 9.09. The van der Waals surface area contributed by atoms with Crippen LogP contribution in [0.2, 0.25) is 0 Å². The Labute approximate surface area is 172 Å². The molecule has 0 radical (unpaired) electrons. The van der Waals surface area contributed by atoms with E-state index in [-0.39, 0.29) is 5.97 Å². The van der Waals surface area contributed by atoms with Gasteiger partial charge in [0.05, 0.1) is 17.6 Å². The number of pyridine rings is 1. The van der Waals surface area contributed by atoms with Crippen molar-refractivity contribution in [3.63, 3.8) is 0 Å². The van der Waals surface area contributed by atoms with Crippen LogP contribution in [0.1, 0.15) is 12.0 Å². The van der Waals surface area contributed by atoms with Crippen LogP contribution in [0.3, 0.4) is 0 Å². The fourth-order valence-corrected chi connectivity index (χ4v) is 3.50. The van der Waals surface area contributed by atoms with Gasteiger partial charge in [-0.15, -0.1) is 0 Å². The molecule has 0 spiro atoms. The molecule has 4 rings (SSSR count). The van der Waals surface area contributed by atoms with Gasteiger partial charge in [0.1, 0.15) is 5.75 Å². The number of nitrogens with zero attached hydrogens (tertiary/aromatic N) is 1. The fraction of sp³-hybridized carbons (Fsp3) is 0.0833. The van der Waals surface area contributed by atoms with E-state index in [1.54, 1.807) is 12.1 Å². The van der Waals surface area contributed by atoms with Crippen LogP contribution in [-0.2, 0) is 11.2 Å². The van der Waals surface area contributed by atoms with Crippen molar-refractivity contribution < 1.29 is 9.53 Å². The van der Waals surface area contributed by atoms with Crippen LogP contribution in [0.5, 0.6) is 5.75 Å². The Balaban J connectivity index is 1.63. The summed E-state index contributed by atoms with van der Waals surface area (Å²) < 4.78 is 6.41. The highest BCUT2D eigenvalue weighted by Gasteiger charge is 2.11. The number of aromatic nitrogens is 1. The van der Waals surface area contributed by atoms with Crippen molar-refractivity contribution in [3.05, 3.63) is 95.0 Å². The lowest BCUT2D eigenvalue weighted by atomic mass is 10.0. The van der Waals surface area contributed by atoms with E-state index >= 15 is 0 Å². The summed E-state index contributed by atoms with van der Waals surface area (Å²) in [7, 11) is 0. The molecule has 0 amide bonds. The summed E-state index contributed by atoms with van der Waals surface area (Å²) in [5.74, 6) is 0.326. The van der Waals surface area contributed by atoms with E-state index in [9.17, 15) is 4.79 Å². The molecule has 3 nitrogen and oxygen atoms in total. The number of benzene rings is 3. The zero-order chi connectivity index (χ0) is 19.3. The summed E-state index contributed by atoms with van der Waals surface area (Å²) in [5, 5.41) is 1.04. The highest BCUT2D eigenvalue weighted by Crippen LogP contribution is 2.28. The third kappa shape index (κ3) is 4.29. The van der Waals surface area contributed by atoms with Gasteiger partial charge in [-0.05, 0) is 48.4 Å². The maximum Gasteiger partial charge on any atom is 0.311 e. The zero-order valence-corrected chi connectivity index (χ0v) is 16.7. The van der Waals surface area contributed by atoms with Gasteiger partial charge in [0.25, 0.3) is 0 Å². The number of aryl methyl sites for hydroxylation is 1. The lowest BCUT2D eigenvalue weighted by molar-refractivity contribution is -0.134. The number of carbonyl (C=O) groups excluding carboxylic acids is 1. The van der Waals surface area contributed by atoms with Crippen LogP contribution in [-0.4, -0.2) is 11.0 Å². The van der Waals surface area contributed by atoms with Gasteiger partial charge >= 0.3 is 5.97 Å². The molecule has 0 aliphatic heterocycles. The minimum absolute atomic E-state index is 0.243. The molecule has 1 heterocycles. The van der Waals surface area contributed by atoms with Crippen LogP contribution < -0.4 is 4.74 Å². The van der Waals surface area contributed by atoms with E-state index in [0.29, 0.717) is 18.6 Å². The largest absolute Gasteiger partial charge is 0.427 e. The Hall–Kier alpha value is -2.98. The molecule has 138 valence electrons. The number of halogens is 1. The summed E-state index contributed by atoms with van der Waals surface area (Å²) in [6, 6.07) is 27.3. The first kappa shape index (κ1) is 18.4. The van der Waals surface area contributed by atoms with Gasteiger partial charge < -0.3 is 4.74 Å². The number of rotatable bonds is 5. The smallest absolute Gasteiger partial charge is 0.311 e. The first-order chi connectivity index (χ1) is 13.7. The predicted octanol–water partition coefficient (Wildman–Crippen LogP) is 6.20. The van der Waals surface area contributed by atoms with Crippen molar-refractivity contribution in [3.8, 4) is 17.0 Å². The molecule has 0 saturated heterocycles. The monoisotopic (exact) mass is 431 g/mol. The molecule has 1 aromatic heterocycles. The number of ether oxygens (including phenoxy) is 1. The highest BCUT2D eigenvalue weighted by molar-refractivity contribution is 9.10. The SMILES string of the molecule is O=C(CCc1cc(-c2ccccc2)nc2ccc(Br)cc12)Oc1ccccc1. The quantitative estimate of drug-likeness (QED) is 0.278. The molecule has 3 aromatic carbocycles. The standard InChI is InChI=1S/C24H18BrNO2/c25-19-12-13-22-21(16-19)18(15-23(26-22)17-7-3-1-4-8-17)11-14-24(27)28-20-9-5-2-6-10-20/h1-10,12-13,15-16H,11,14H2. The summed E-state index contributed by atoms with van der Waals surface area (Å²) in [5.41, 5.74) is 3.95. The Morgan fingerprint density at radius 1 is 0.893 bits per heavy atom. The average Bonchev–Trinajstić information content (AvgIpc) is 2.73. The molecule has 0 aliphatic carbocycles. The van der Waals surface area contributed by atoms with Crippen molar-refractivity contribution in [2.24, 2.45) is 0 Å². The van der Waals surface area contributed by atoms with Crippen molar-refractivity contribution in [1.29, 1.82) is 0 Å². The van der Waals surface area contributed by atoms with Gasteiger partial charge in [0.2, 0.25) is 0 Å². The Morgan fingerprint density at radius 2 is 1.61 bits per heavy atom. The van der Waals surface area contributed by atoms with Crippen molar-refractivity contribution >= 4 is 32.8 Å². The normalized spacial score (nSPS) is 10.8. The Kier molecular flexibility index (Phi) is 5.49. The van der Waals surface area contributed by atoms with Crippen molar-refractivity contribution in [2.75, 3.05) is 0 Å². The number of esters is 1. The number of fused-ring (bicyclic) bond motifs is 1. The van der Waals surface area contributed by atoms with Crippen LogP contribution in [0, 0.1) is 0 Å². The average molecular weight is 432 g/mol. The van der Waals surface area contributed by atoms with Gasteiger partial charge in [0.15, 0.2) is 0 Å².